The van der Waals surface area contributed by atoms with Gasteiger partial charge in [-0.3, -0.25) is 4.18 Å². The maximum Gasteiger partial charge on any atom is 0.102 e. The molecule has 1 aliphatic rings. The lowest BCUT2D eigenvalue weighted by Gasteiger charge is -1.51. The van der Waals surface area contributed by atoms with Crippen molar-refractivity contribution in [1.82, 2.24) is 0 Å². The van der Waals surface area contributed by atoms with Crippen molar-refractivity contribution in [1.29, 1.82) is 0 Å². The molecule has 0 bridgehead atoms. The average molecular weight is 76.1 g/mol. The molecule has 1 aliphatic heterocycles. The summed E-state index contributed by atoms with van der Waals surface area (Å²) >= 11 is 0. The smallest absolute Gasteiger partial charge is 0.102 e. The van der Waals surface area contributed by atoms with E-state index in [1.807, 2.05) is 11.8 Å². The molecule has 0 aromatic heterocycles. The van der Waals surface area contributed by atoms with E-state index in [0.29, 0.717) is 0 Å². The molecule has 0 saturated heterocycles. The van der Waals surface area contributed by atoms with E-state index >= 15 is 0 Å². The molecule has 24 valence electrons. The normalized spacial score (nSPS) is 37.8. The third-order valence-corrected chi connectivity index (χ3v) is 0.866. The van der Waals surface area contributed by atoms with Crippen LogP contribution in [0.3, 0.4) is 0 Å². The SMILES string of the molecule is CS1=CO1. The second-order valence-corrected chi connectivity index (χ2v) is 2.07. The van der Waals surface area contributed by atoms with E-state index in [-0.39, 0.29) is 10.8 Å². The molecule has 1 nitrogen and oxygen atoms in total. The molecule has 0 aromatic rings. The van der Waals surface area contributed by atoms with Crippen molar-refractivity contribution >= 4 is 16.3 Å². The van der Waals surface area contributed by atoms with Crippen LogP contribution < -0.4 is 0 Å². The third kappa shape index (κ3) is 0.300. The monoisotopic (exact) mass is 76.0 g/mol. The fraction of sp³-hybridized carbons (Fsp3) is 0.500. The summed E-state index contributed by atoms with van der Waals surface area (Å²) in [4.78, 5) is 0. The molecule has 1 unspecified atom stereocenters. The first-order valence-electron chi connectivity index (χ1n) is 1.05. The minimum absolute atomic E-state index is 0.264. The van der Waals surface area contributed by atoms with Crippen LogP contribution in [0.2, 0.25) is 0 Å². The lowest BCUT2D eigenvalue weighted by molar-refractivity contribution is 0.739. The Kier molecular flexibility index (Phi) is 0.341. The Bertz CT molecular complexity index is 57.1. The minimum atomic E-state index is 0.264. The van der Waals surface area contributed by atoms with Crippen molar-refractivity contribution in [3.63, 3.8) is 0 Å². The Balaban J connectivity index is 2.54. The molecule has 4 heavy (non-hydrogen) atoms. The van der Waals surface area contributed by atoms with Crippen LogP contribution in [0.15, 0.2) is 0 Å². The van der Waals surface area contributed by atoms with E-state index in [9.17, 15) is 0 Å². The van der Waals surface area contributed by atoms with Crippen LogP contribution in [0.1, 0.15) is 0 Å². The van der Waals surface area contributed by atoms with Crippen molar-refractivity contribution in [3.05, 3.63) is 0 Å². The van der Waals surface area contributed by atoms with E-state index in [1.165, 1.54) is 0 Å². The summed E-state index contributed by atoms with van der Waals surface area (Å²) < 4.78 is 4.61. The van der Waals surface area contributed by atoms with Crippen LogP contribution >= 0.6 is 10.8 Å². The van der Waals surface area contributed by atoms with Gasteiger partial charge in [0.1, 0.15) is 5.55 Å². The number of hydrogen-bond acceptors (Lipinski definition) is 1. The topological polar surface area (TPSA) is 12.5 Å². The minimum Gasteiger partial charge on any atom is -0.285 e. The van der Waals surface area contributed by atoms with Crippen molar-refractivity contribution in [3.8, 4) is 0 Å². The summed E-state index contributed by atoms with van der Waals surface area (Å²) in [6, 6.07) is 0. The van der Waals surface area contributed by atoms with Gasteiger partial charge in [0.15, 0.2) is 0 Å². The van der Waals surface area contributed by atoms with Crippen molar-refractivity contribution in [2.45, 2.75) is 0 Å². The number of rotatable bonds is 0. The summed E-state index contributed by atoms with van der Waals surface area (Å²) in [5.74, 6) is 0. The fourth-order valence-electron chi connectivity index (χ4n) is 0.0393. The molecule has 0 aliphatic carbocycles. The van der Waals surface area contributed by atoms with Crippen LogP contribution in [0.4, 0.5) is 0 Å². The summed E-state index contributed by atoms with van der Waals surface area (Å²) in [6.07, 6.45) is 2.03. The molecular weight excluding hydrogens is 72.1 g/mol. The summed E-state index contributed by atoms with van der Waals surface area (Å²) in [5.41, 5.74) is 1.82. The molecule has 0 fully saturated rings. The van der Waals surface area contributed by atoms with Crippen molar-refractivity contribution in [2.24, 2.45) is 0 Å². The molecule has 0 amide bonds. The quantitative estimate of drug-likeness (QED) is 0.385. The average Bonchev–Trinajstić information content (AvgIpc) is 1.75. The van der Waals surface area contributed by atoms with Crippen LogP contribution in [0.25, 0.3) is 0 Å². The summed E-state index contributed by atoms with van der Waals surface area (Å²) in [6.45, 7) is 0. The molecule has 0 spiro atoms. The van der Waals surface area contributed by atoms with E-state index in [4.69, 9.17) is 0 Å². The van der Waals surface area contributed by atoms with Crippen LogP contribution in [-0.2, 0) is 4.18 Å². The zero-order chi connectivity index (χ0) is 2.99. The van der Waals surface area contributed by atoms with Crippen LogP contribution in [-0.4, -0.2) is 11.8 Å². The highest BCUT2D eigenvalue weighted by atomic mass is 32.2. The molecule has 0 N–H and O–H groups in total. The number of hydrogen-bond donors (Lipinski definition) is 0. The molecule has 0 saturated carbocycles. The van der Waals surface area contributed by atoms with E-state index in [1.54, 1.807) is 0 Å². The van der Waals surface area contributed by atoms with E-state index in [0.717, 1.165) is 0 Å². The fourth-order valence-corrected chi connectivity index (χ4v) is 0.354. The van der Waals surface area contributed by atoms with Gasteiger partial charge in [0, 0.05) is 6.26 Å². The van der Waals surface area contributed by atoms with Crippen LogP contribution in [0, 0.1) is 0 Å². The first-order valence-corrected chi connectivity index (χ1v) is 2.67. The molecule has 1 heterocycles. The molecule has 0 aromatic carbocycles. The van der Waals surface area contributed by atoms with Gasteiger partial charge in [0.05, 0.1) is 0 Å². The van der Waals surface area contributed by atoms with Crippen molar-refractivity contribution < 1.29 is 4.18 Å². The standard InChI is InChI=1S/C2H4OS/c1-4-2-3-4/h2H,1H3. The van der Waals surface area contributed by atoms with Gasteiger partial charge in [-0.2, -0.15) is 0 Å². The van der Waals surface area contributed by atoms with Gasteiger partial charge < -0.3 is 0 Å². The van der Waals surface area contributed by atoms with E-state index in [2.05, 4.69) is 4.18 Å². The zero-order valence-corrected chi connectivity index (χ0v) is 3.21. The summed E-state index contributed by atoms with van der Waals surface area (Å²) in [5, 5.41) is 0. The molecule has 2 heteroatoms. The maximum absolute atomic E-state index is 4.61. The zero-order valence-electron chi connectivity index (χ0n) is 2.39. The van der Waals surface area contributed by atoms with Gasteiger partial charge in [-0.25, -0.2) is 0 Å². The molecule has 0 radical (unpaired) electrons. The highest BCUT2D eigenvalue weighted by Gasteiger charge is 1.93. The first-order chi connectivity index (χ1) is 1.89. The van der Waals surface area contributed by atoms with Gasteiger partial charge in [-0.1, -0.05) is 0 Å². The van der Waals surface area contributed by atoms with Gasteiger partial charge in [-0.15, -0.1) is 0 Å². The van der Waals surface area contributed by atoms with Gasteiger partial charge in [0.25, 0.3) is 0 Å². The molecule has 1 rings (SSSR count). The Hall–Kier alpha value is 0.180. The predicted molar refractivity (Wildman–Crippen MR) is 20.7 cm³/mol. The lowest BCUT2D eigenvalue weighted by Crippen LogP contribution is -1.26. The van der Waals surface area contributed by atoms with Gasteiger partial charge in [-0.05, 0) is 10.8 Å². The first kappa shape index (κ1) is 2.42. The second kappa shape index (κ2) is 0.563. The largest absolute Gasteiger partial charge is 0.285 e. The van der Waals surface area contributed by atoms with Gasteiger partial charge in [0.2, 0.25) is 0 Å². The Morgan fingerprint density at radius 3 is 2.25 bits per heavy atom. The highest BCUT2D eigenvalue weighted by molar-refractivity contribution is 8.16. The Morgan fingerprint density at radius 2 is 2.25 bits per heavy atom. The van der Waals surface area contributed by atoms with Crippen molar-refractivity contribution in [2.75, 3.05) is 6.26 Å². The lowest BCUT2D eigenvalue weighted by atomic mass is 11.8. The van der Waals surface area contributed by atoms with Gasteiger partial charge >= 0.3 is 0 Å². The molecule has 1 atom stereocenters. The summed E-state index contributed by atoms with van der Waals surface area (Å²) in [7, 11) is 0.264. The highest BCUT2D eigenvalue weighted by Crippen LogP contribution is 2.18. The second-order valence-electron chi connectivity index (χ2n) is 0.691. The van der Waals surface area contributed by atoms with Crippen LogP contribution in [0.5, 0.6) is 0 Å². The molecular formula is C2H4OS. The maximum atomic E-state index is 4.61. The third-order valence-electron chi connectivity index (χ3n) is 0.289. The predicted octanol–water partition coefficient (Wildman–Crippen LogP) is 0.590. The Morgan fingerprint density at radius 1 is 2.00 bits per heavy atom. The van der Waals surface area contributed by atoms with E-state index < -0.39 is 0 Å². The Labute approximate surface area is 27.7 Å².